The van der Waals surface area contributed by atoms with Gasteiger partial charge in [0.25, 0.3) is 5.89 Å². The van der Waals surface area contributed by atoms with Gasteiger partial charge in [-0.15, -0.1) is 10.2 Å². The van der Waals surface area contributed by atoms with Crippen molar-refractivity contribution in [3.05, 3.63) is 54.0 Å². The molecule has 2 heterocycles. The highest BCUT2D eigenvalue weighted by Crippen LogP contribution is 2.20. The summed E-state index contributed by atoms with van der Waals surface area (Å²) in [6, 6.07) is 11.6. The van der Waals surface area contributed by atoms with E-state index in [0.717, 1.165) is 11.4 Å². The van der Waals surface area contributed by atoms with E-state index < -0.39 is 0 Å². The van der Waals surface area contributed by atoms with Crippen LogP contribution in [0.1, 0.15) is 38.1 Å². The van der Waals surface area contributed by atoms with Crippen LogP contribution in [0.25, 0.3) is 11.6 Å². The fraction of sp³-hybridized carbons (Fsp3) is 0.316. The summed E-state index contributed by atoms with van der Waals surface area (Å²) < 4.78 is 7.37. The zero-order chi connectivity index (χ0) is 17.8. The molecule has 0 aliphatic heterocycles. The number of benzene rings is 1. The lowest BCUT2D eigenvalue weighted by molar-refractivity contribution is -0.116. The molecular weight excluding hydrogens is 316 g/mol. The molecule has 0 fully saturated rings. The normalized spacial score (nSPS) is 11.0. The van der Waals surface area contributed by atoms with Gasteiger partial charge in [-0.25, -0.2) is 0 Å². The van der Waals surface area contributed by atoms with Gasteiger partial charge in [-0.1, -0.05) is 32.9 Å². The predicted octanol–water partition coefficient (Wildman–Crippen LogP) is 3.86. The topological polar surface area (TPSA) is 73.0 Å². The smallest absolute Gasteiger partial charge is 0.264 e. The highest BCUT2D eigenvalue weighted by atomic mass is 16.4. The highest BCUT2D eigenvalue weighted by molar-refractivity contribution is 5.90. The molecule has 1 aromatic carbocycles. The van der Waals surface area contributed by atoms with E-state index in [1.165, 1.54) is 5.56 Å². The van der Waals surface area contributed by atoms with Crippen LogP contribution in [0.4, 0.5) is 5.69 Å². The summed E-state index contributed by atoms with van der Waals surface area (Å²) in [5.74, 6) is 1.37. The van der Waals surface area contributed by atoms with Crippen molar-refractivity contribution in [1.29, 1.82) is 0 Å². The molecular formula is C19H22N4O2. The van der Waals surface area contributed by atoms with Crippen molar-refractivity contribution in [2.24, 2.45) is 0 Å². The Balaban J connectivity index is 1.68. The Kier molecular flexibility index (Phi) is 4.97. The summed E-state index contributed by atoms with van der Waals surface area (Å²) in [5.41, 5.74) is 2.76. The van der Waals surface area contributed by atoms with Crippen LogP contribution in [-0.4, -0.2) is 20.7 Å². The number of carbonyl (C=O) groups is 1. The van der Waals surface area contributed by atoms with Gasteiger partial charge < -0.3 is 14.3 Å². The number of hydrogen-bond acceptors (Lipinski definition) is 4. The van der Waals surface area contributed by atoms with Gasteiger partial charge in [0.05, 0.1) is 0 Å². The van der Waals surface area contributed by atoms with E-state index in [1.54, 1.807) is 4.57 Å². The van der Waals surface area contributed by atoms with Crippen molar-refractivity contribution in [3.63, 3.8) is 0 Å². The third-order valence-corrected chi connectivity index (χ3v) is 3.99. The minimum Gasteiger partial charge on any atom is -0.419 e. The number of carbonyl (C=O) groups excluding carboxylic acids is 1. The summed E-state index contributed by atoms with van der Waals surface area (Å²) >= 11 is 0. The van der Waals surface area contributed by atoms with E-state index in [9.17, 15) is 4.79 Å². The number of hydrogen-bond donors (Lipinski definition) is 1. The molecule has 130 valence electrons. The lowest BCUT2D eigenvalue weighted by Crippen LogP contribution is -2.18. The third-order valence-electron chi connectivity index (χ3n) is 3.99. The Morgan fingerprint density at radius 2 is 1.96 bits per heavy atom. The minimum atomic E-state index is -0.107. The second kappa shape index (κ2) is 7.34. The third kappa shape index (κ3) is 3.96. The van der Waals surface area contributed by atoms with Gasteiger partial charge in [-0.3, -0.25) is 4.79 Å². The minimum absolute atomic E-state index is 0.107. The average Bonchev–Trinajstić information content (AvgIpc) is 3.23. The maximum Gasteiger partial charge on any atom is 0.264 e. The van der Waals surface area contributed by atoms with Gasteiger partial charge in [-0.2, -0.15) is 0 Å². The Labute approximate surface area is 146 Å². The Bertz CT molecular complexity index is 846. The number of rotatable bonds is 6. The van der Waals surface area contributed by atoms with E-state index >= 15 is 0 Å². The van der Waals surface area contributed by atoms with Gasteiger partial charge >= 0.3 is 0 Å². The molecule has 6 heteroatoms. The van der Waals surface area contributed by atoms with E-state index in [4.69, 9.17) is 4.42 Å². The van der Waals surface area contributed by atoms with Gasteiger partial charge in [0.2, 0.25) is 11.8 Å². The molecule has 1 amide bonds. The standard InChI is InChI=1S/C19H22N4O2/c1-4-18-21-22-19(25-18)16-6-5-11-23(16)12-17(24)20-15-9-7-14(8-10-15)13(2)3/h5-11,13H,4,12H2,1-3H3,(H,20,24). The molecule has 0 atom stereocenters. The van der Waals surface area contributed by atoms with Crippen LogP contribution in [0.3, 0.4) is 0 Å². The number of amides is 1. The van der Waals surface area contributed by atoms with Crippen LogP contribution in [0, 0.1) is 0 Å². The summed E-state index contributed by atoms with van der Waals surface area (Å²) in [5, 5.41) is 10.9. The first-order valence-corrected chi connectivity index (χ1v) is 8.44. The van der Waals surface area contributed by atoms with Crippen molar-refractivity contribution in [2.75, 3.05) is 5.32 Å². The summed E-state index contributed by atoms with van der Waals surface area (Å²) in [6.07, 6.45) is 2.51. The average molecular weight is 338 g/mol. The first kappa shape index (κ1) is 17.0. The molecule has 0 aliphatic rings. The monoisotopic (exact) mass is 338 g/mol. The first-order chi connectivity index (χ1) is 12.1. The molecule has 0 radical (unpaired) electrons. The molecule has 0 spiro atoms. The van der Waals surface area contributed by atoms with Gasteiger partial charge in [0.15, 0.2) is 0 Å². The zero-order valence-electron chi connectivity index (χ0n) is 14.7. The SMILES string of the molecule is CCc1nnc(-c2cccn2CC(=O)Nc2ccc(C(C)C)cc2)o1. The molecule has 3 rings (SSSR count). The molecule has 25 heavy (non-hydrogen) atoms. The lowest BCUT2D eigenvalue weighted by atomic mass is 10.0. The van der Waals surface area contributed by atoms with E-state index in [2.05, 4.69) is 29.4 Å². The van der Waals surface area contributed by atoms with Crippen LogP contribution in [0.2, 0.25) is 0 Å². The zero-order valence-corrected chi connectivity index (χ0v) is 14.7. The molecule has 1 N–H and O–H groups in total. The second-order valence-electron chi connectivity index (χ2n) is 6.20. The van der Waals surface area contributed by atoms with Crippen LogP contribution in [0.15, 0.2) is 47.0 Å². The van der Waals surface area contributed by atoms with Gasteiger partial charge in [-0.05, 0) is 35.7 Å². The van der Waals surface area contributed by atoms with Crippen LogP contribution in [-0.2, 0) is 17.8 Å². The van der Waals surface area contributed by atoms with Crippen LogP contribution in [0.5, 0.6) is 0 Å². The van der Waals surface area contributed by atoms with E-state index in [0.29, 0.717) is 24.1 Å². The van der Waals surface area contributed by atoms with Crippen molar-refractivity contribution in [2.45, 2.75) is 39.7 Å². The maximum atomic E-state index is 12.3. The quantitative estimate of drug-likeness (QED) is 0.740. The summed E-state index contributed by atoms with van der Waals surface area (Å²) in [7, 11) is 0. The molecule has 2 aromatic heterocycles. The highest BCUT2D eigenvalue weighted by Gasteiger charge is 2.14. The fourth-order valence-corrected chi connectivity index (χ4v) is 2.55. The number of anilines is 1. The van der Waals surface area contributed by atoms with Gasteiger partial charge in [0, 0.05) is 18.3 Å². The Morgan fingerprint density at radius 1 is 1.20 bits per heavy atom. The van der Waals surface area contributed by atoms with Crippen molar-refractivity contribution >= 4 is 11.6 Å². The molecule has 0 saturated heterocycles. The summed E-state index contributed by atoms with van der Waals surface area (Å²) in [4.78, 5) is 12.3. The largest absolute Gasteiger partial charge is 0.419 e. The Morgan fingerprint density at radius 3 is 2.60 bits per heavy atom. The molecule has 0 saturated carbocycles. The number of nitrogens with zero attached hydrogens (tertiary/aromatic N) is 3. The fourth-order valence-electron chi connectivity index (χ4n) is 2.55. The molecule has 0 unspecified atom stereocenters. The predicted molar refractivity (Wildman–Crippen MR) is 96.3 cm³/mol. The maximum absolute atomic E-state index is 12.3. The second-order valence-corrected chi connectivity index (χ2v) is 6.20. The van der Waals surface area contributed by atoms with E-state index in [1.807, 2.05) is 49.5 Å². The number of aryl methyl sites for hydroxylation is 1. The molecule has 0 aliphatic carbocycles. The molecule has 6 nitrogen and oxygen atoms in total. The van der Waals surface area contributed by atoms with Crippen molar-refractivity contribution < 1.29 is 9.21 Å². The Hall–Kier alpha value is -2.89. The van der Waals surface area contributed by atoms with E-state index in [-0.39, 0.29) is 12.5 Å². The summed E-state index contributed by atoms with van der Waals surface area (Å²) in [6.45, 7) is 6.41. The molecule has 3 aromatic rings. The number of aromatic nitrogens is 3. The first-order valence-electron chi connectivity index (χ1n) is 8.44. The number of nitrogens with one attached hydrogen (secondary N) is 1. The van der Waals surface area contributed by atoms with Crippen LogP contribution < -0.4 is 5.32 Å². The van der Waals surface area contributed by atoms with Crippen molar-refractivity contribution in [1.82, 2.24) is 14.8 Å². The van der Waals surface area contributed by atoms with Gasteiger partial charge in [0.1, 0.15) is 12.2 Å². The molecule has 0 bridgehead atoms. The lowest BCUT2D eigenvalue weighted by Gasteiger charge is -2.10. The van der Waals surface area contributed by atoms with Crippen LogP contribution >= 0.6 is 0 Å². The van der Waals surface area contributed by atoms with Crippen molar-refractivity contribution in [3.8, 4) is 11.6 Å².